The molecule has 5 heteroatoms. The third kappa shape index (κ3) is 6.09. The van der Waals surface area contributed by atoms with Crippen LogP contribution in [0.5, 0.6) is 0 Å². The van der Waals surface area contributed by atoms with Crippen LogP contribution in [-0.4, -0.2) is 17.7 Å². The van der Waals surface area contributed by atoms with E-state index in [-0.39, 0.29) is 11.2 Å². The summed E-state index contributed by atoms with van der Waals surface area (Å²) in [6.07, 6.45) is 1.57. The van der Waals surface area contributed by atoms with Gasteiger partial charge in [-0.1, -0.05) is 42.3 Å². The quantitative estimate of drug-likeness (QED) is 0.679. The first-order valence-corrected chi connectivity index (χ1v) is 9.16. The summed E-state index contributed by atoms with van der Waals surface area (Å²) >= 11 is 13.3. The van der Waals surface area contributed by atoms with E-state index >= 15 is 0 Å². The second kappa shape index (κ2) is 9.21. The molecule has 0 radical (unpaired) electrons. The normalized spacial score (nSPS) is 12.0. The Morgan fingerprint density at radius 2 is 1.61 bits per heavy atom. The highest BCUT2D eigenvalue weighted by Gasteiger charge is 2.17. The van der Waals surface area contributed by atoms with Crippen LogP contribution in [0.15, 0.2) is 53.4 Å². The van der Waals surface area contributed by atoms with Crippen molar-refractivity contribution in [3.05, 3.63) is 64.1 Å². The summed E-state index contributed by atoms with van der Waals surface area (Å²) in [6.45, 7) is 2.64. The van der Waals surface area contributed by atoms with Crippen LogP contribution in [0.2, 0.25) is 10.0 Å². The minimum atomic E-state index is -0.0959. The highest BCUT2D eigenvalue weighted by molar-refractivity contribution is 8.00. The molecule has 0 unspecified atom stereocenters. The van der Waals surface area contributed by atoms with E-state index in [0.29, 0.717) is 11.6 Å². The van der Waals surface area contributed by atoms with Gasteiger partial charge in [0.05, 0.1) is 5.25 Å². The number of rotatable bonds is 7. The van der Waals surface area contributed by atoms with Gasteiger partial charge in [-0.05, 0) is 54.8 Å². The van der Waals surface area contributed by atoms with Gasteiger partial charge in [0.15, 0.2) is 0 Å². The fourth-order valence-electron chi connectivity index (χ4n) is 2.09. The van der Waals surface area contributed by atoms with Gasteiger partial charge < -0.3 is 5.32 Å². The molecule has 0 saturated heterocycles. The van der Waals surface area contributed by atoms with Crippen LogP contribution in [0.4, 0.5) is 0 Å². The molecule has 2 aromatic rings. The van der Waals surface area contributed by atoms with Gasteiger partial charge in [0.25, 0.3) is 0 Å². The Balaban J connectivity index is 1.82. The zero-order valence-corrected chi connectivity index (χ0v) is 15.2. The van der Waals surface area contributed by atoms with Crippen molar-refractivity contribution in [2.45, 2.75) is 29.9 Å². The highest BCUT2D eigenvalue weighted by atomic mass is 35.5. The molecule has 0 aliphatic rings. The monoisotopic (exact) mass is 367 g/mol. The largest absolute Gasteiger partial charge is 0.355 e. The van der Waals surface area contributed by atoms with E-state index in [1.165, 1.54) is 0 Å². The smallest absolute Gasteiger partial charge is 0.233 e. The Bertz CT molecular complexity index is 628. The lowest BCUT2D eigenvalue weighted by molar-refractivity contribution is -0.120. The predicted molar refractivity (Wildman–Crippen MR) is 99.6 cm³/mol. The number of benzene rings is 2. The van der Waals surface area contributed by atoms with E-state index < -0.39 is 0 Å². The standard InChI is InChI=1S/C18H19Cl2NOS/c1-2-17(23-16-9-7-15(20)8-10-16)18(22)21-12-11-13-3-5-14(19)6-4-13/h3-10,17H,2,11-12H2,1H3,(H,21,22)/t17-/m1/s1. The van der Waals surface area contributed by atoms with Gasteiger partial charge in [0.2, 0.25) is 5.91 Å². The molecule has 0 bridgehead atoms. The number of thioether (sulfide) groups is 1. The molecule has 2 nitrogen and oxygen atoms in total. The second-order valence-electron chi connectivity index (χ2n) is 5.14. The molecule has 2 aromatic carbocycles. The maximum Gasteiger partial charge on any atom is 0.233 e. The van der Waals surface area contributed by atoms with Crippen molar-refractivity contribution >= 4 is 40.9 Å². The van der Waals surface area contributed by atoms with Crippen molar-refractivity contribution in [2.24, 2.45) is 0 Å². The van der Waals surface area contributed by atoms with Gasteiger partial charge in [-0.2, -0.15) is 0 Å². The molecule has 1 atom stereocenters. The lowest BCUT2D eigenvalue weighted by Gasteiger charge is -2.15. The van der Waals surface area contributed by atoms with Crippen molar-refractivity contribution in [2.75, 3.05) is 6.54 Å². The Morgan fingerprint density at radius 3 is 2.17 bits per heavy atom. The van der Waals surface area contributed by atoms with Crippen LogP contribution in [0, 0.1) is 0 Å². The molecule has 0 spiro atoms. The number of hydrogen-bond acceptors (Lipinski definition) is 2. The van der Waals surface area contributed by atoms with Gasteiger partial charge in [-0.25, -0.2) is 0 Å². The Kier molecular flexibility index (Phi) is 7.28. The molecule has 1 amide bonds. The molecule has 0 aliphatic heterocycles. The molecule has 0 saturated carbocycles. The fraction of sp³-hybridized carbons (Fsp3) is 0.278. The zero-order valence-electron chi connectivity index (χ0n) is 12.9. The van der Waals surface area contributed by atoms with Crippen molar-refractivity contribution < 1.29 is 4.79 Å². The lowest BCUT2D eigenvalue weighted by atomic mass is 10.1. The van der Waals surface area contributed by atoms with E-state index in [9.17, 15) is 4.79 Å². The van der Waals surface area contributed by atoms with Crippen LogP contribution < -0.4 is 5.32 Å². The van der Waals surface area contributed by atoms with Crippen LogP contribution in [0.1, 0.15) is 18.9 Å². The van der Waals surface area contributed by atoms with E-state index in [1.54, 1.807) is 11.8 Å². The Labute approximate surface area is 151 Å². The maximum absolute atomic E-state index is 12.3. The average Bonchev–Trinajstić information content (AvgIpc) is 2.56. The first-order valence-electron chi connectivity index (χ1n) is 7.53. The highest BCUT2D eigenvalue weighted by Crippen LogP contribution is 2.26. The van der Waals surface area contributed by atoms with Crippen molar-refractivity contribution in [1.29, 1.82) is 0 Å². The van der Waals surface area contributed by atoms with E-state index in [0.717, 1.165) is 28.3 Å². The summed E-state index contributed by atoms with van der Waals surface area (Å²) in [5, 5.41) is 4.34. The van der Waals surface area contributed by atoms with Crippen LogP contribution >= 0.6 is 35.0 Å². The number of nitrogens with one attached hydrogen (secondary N) is 1. The van der Waals surface area contributed by atoms with Crippen molar-refractivity contribution in [3.63, 3.8) is 0 Å². The van der Waals surface area contributed by atoms with Crippen LogP contribution in [-0.2, 0) is 11.2 Å². The predicted octanol–water partition coefficient (Wildman–Crippen LogP) is 5.22. The van der Waals surface area contributed by atoms with Crippen molar-refractivity contribution in [3.8, 4) is 0 Å². The lowest BCUT2D eigenvalue weighted by Crippen LogP contribution is -2.33. The summed E-state index contributed by atoms with van der Waals surface area (Å²) in [5.74, 6) is 0.0708. The third-order valence-corrected chi connectivity index (χ3v) is 5.26. The molecule has 2 rings (SSSR count). The molecular formula is C18H19Cl2NOS. The molecule has 0 heterocycles. The SMILES string of the molecule is CC[C@@H](Sc1ccc(Cl)cc1)C(=O)NCCc1ccc(Cl)cc1. The molecule has 1 N–H and O–H groups in total. The van der Waals surface area contributed by atoms with Crippen LogP contribution in [0.3, 0.4) is 0 Å². The molecule has 0 aromatic heterocycles. The number of hydrogen-bond donors (Lipinski definition) is 1. The maximum atomic E-state index is 12.3. The minimum Gasteiger partial charge on any atom is -0.355 e. The average molecular weight is 368 g/mol. The van der Waals surface area contributed by atoms with Gasteiger partial charge in [-0.15, -0.1) is 11.8 Å². The minimum absolute atomic E-state index is 0.0708. The first kappa shape index (κ1) is 18.2. The van der Waals surface area contributed by atoms with Crippen molar-refractivity contribution in [1.82, 2.24) is 5.32 Å². The van der Waals surface area contributed by atoms with E-state index in [2.05, 4.69) is 5.32 Å². The molecular weight excluding hydrogens is 349 g/mol. The van der Waals surface area contributed by atoms with Gasteiger partial charge >= 0.3 is 0 Å². The fourth-order valence-corrected chi connectivity index (χ4v) is 3.33. The van der Waals surface area contributed by atoms with Gasteiger partial charge in [0, 0.05) is 21.5 Å². The zero-order chi connectivity index (χ0) is 16.7. The van der Waals surface area contributed by atoms with E-state index in [1.807, 2.05) is 55.5 Å². The molecule has 0 fully saturated rings. The summed E-state index contributed by atoms with van der Waals surface area (Å²) < 4.78 is 0. The number of carbonyl (C=O) groups excluding carboxylic acids is 1. The number of amides is 1. The molecule has 122 valence electrons. The number of carbonyl (C=O) groups is 1. The summed E-state index contributed by atoms with van der Waals surface area (Å²) in [5.41, 5.74) is 1.16. The first-order chi connectivity index (χ1) is 11.1. The topological polar surface area (TPSA) is 29.1 Å². The second-order valence-corrected chi connectivity index (χ2v) is 7.29. The Hall–Kier alpha value is -1.16. The molecule has 23 heavy (non-hydrogen) atoms. The number of halogens is 2. The third-order valence-electron chi connectivity index (χ3n) is 3.38. The summed E-state index contributed by atoms with van der Waals surface area (Å²) in [4.78, 5) is 13.4. The van der Waals surface area contributed by atoms with Gasteiger partial charge in [0.1, 0.15) is 0 Å². The summed E-state index contributed by atoms with van der Waals surface area (Å²) in [7, 11) is 0. The van der Waals surface area contributed by atoms with E-state index in [4.69, 9.17) is 23.2 Å². The summed E-state index contributed by atoms with van der Waals surface area (Å²) in [6, 6.07) is 15.3. The van der Waals surface area contributed by atoms with Crippen LogP contribution in [0.25, 0.3) is 0 Å². The van der Waals surface area contributed by atoms with Gasteiger partial charge in [-0.3, -0.25) is 4.79 Å². The molecule has 0 aliphatic carbocycles. The Morgan fingerprint density at radius 1 is 1.04 bits per heavy atom.